The van der Waals surface area contributed by atoms with Crippen LogP contribution in [0.5, 0.6) is 0 Å². The highest BCUT2D eigenvalue weighted by Crippen LogP contribution is 2.21. The minimum atomic E-state index is -0.487. The van der Waals surface area contributed by atoms with E-state index in [0.717, 1.165) is 16.1 Å². The summed E-state index contributed by atoms with van der Waals surface area (Å²) >= 11 is 9.12. The maximum atomic E-state index is 12.9. The molecule has 0 aliphatic rings. The fraction of sp³-hybridized carbons (Fsp3) is 0.0769. The Morgan fingerprint density at radius 3 is 2.79 bits per heavy atom. The number of hydrogen-bond donors (Lipinski definition) is 1. The second kappa shape index (κ2) is 5.67. The molecule has 0 saturated carbocycles. The molecule has 19 heavy (non-hydrogen) atoms. The van der Waals surface area contributed by atoms with Crippen molar-refractivity contribution in [2.75, 3.05) is 5.32 Å². The topological polar surface area (TPSA) is 42.0 Å². The molecule has 2 aromatic rings. The first kappa shape index (κ1) is 14.0. The Kier molecular flexibility index (Phi) is 4.17. The van der Waals surface area contributed by atoms with E-state index in [4.69, 9.17) is 11.6 Å². The van der Waals surface area contributed by atoms with Crippen LogP contribution in [0.15, 0.2) is 34.9 Å². The molecule has 0 aliphatic carbocycles. The van der Waals surface area contributed by atoms with E-state index in [1.807, 2.05) is 13.0 Å². The summed E-state index contributed by atoms with van der Waals surface area (Å²) in [6.45, 7) is 1.82. The molecule has 0 radical (unpaired) electrons. The van der Waals surface area contributed by atoms with Crippen molar-refractivity contribution >= 4 is 39.3 Å². The number of carbonyl (C=O) groups is 1. The SMILES string of the molecule is Cc1cc(Br)cnc1NC(=O)c1ccc(F)cc1Cl. The monoisotopic (exact) mass is 342 g/mol. The van der Waals surface area contributed by atoms with E-state index in [1.54, 1.807) is 6.20 Å². The van der Waals surface area contributed by atoms with Gasteiger partial charge in [0.2, 0.25) is 0 Å². The molecule has 0 bridgehead atoms. The van der Waals surface area contributed by atoms with Crippen molar-refractivity contribution in [3.05, 3.63) is 56.9 Å². The van der Waals surface area contributed by atoms with Crippen molar-refractivity contribution in [2.24, 2.45) is 0 Å². The Hall–Kier alpha value is -1.46. The van der Waals surface area contributed by atoms with Crippen LogP contribution in [-0.4, -0.2) is 10.9 Å². The normalized spacial score (nSPS) is 10.3. The van der Waals surface area contributed by atoms with E-state index in [1.165, 1.54) is 12.1 Å². The Morgan fingerprint density at radius 2 is 2.16 bits per heavy atom. The zero-order valence-electron chi connectivity index (χ0n) is 9.88. The highest BCUT2D eigenvalue weighted by molar-refractivity contribution is 9.10. The summed E-state index contributed by atoms with van der Waals surface area (Å²) in [6, 6.07) is 5.44. The van der Waals surface area contributed by atoms with Gasteiger partial charge in [0.1, 0.15) is 11.6 Å². The van der Waals surface area contributed by atoms with Crippen LogP contribution in [0.1, 0.15) is 15.9 Å². The molecule has 1 aromatic carbocycles. The van der Waals surface area contributed by atoms with Gasteiger partial charge in [0.25, 0.3) is 5.91 Å². The van der Waals surface area contributed by atoms with Crippen LogP contribution in [0.3, 0.4) is 0 Å². The molecule has 3 nitrogen and oxygen atoms in total. The van der Waals surface area contributed by atoms with Gasteiger partial charge in [0, 0.05) is 10.7 Å². The predicted octanol–water partition coefficient (Wildman–Crippen LogP) is 4.20. The quantitative estimate of drug-likeness (QED) is 0.888. The summed E-state index contributed by atoms with van der Waals surface area (Å²) < 4.78 is 13.7. The van der Waals surface area contributed by atoms with Gasteiger partial charge in [-0.25, -0.2) is 9.37 Å². The fourth-order valence-electron chi connectivity index (χ4n) is 1.52. The zero-order valence-corrected chi connectivity index (χ0v) is 12.2. The van der Waals surface area contributed by atoms with Gasteiger partial charge in [-0.05, 0) is 52.7 Å². The van der Waals surface area contributed by atoms with Gasteiger partial charge in [-0.15, -0.1) is 0 Å². The summed E-state index contributed by atoms with van der Waals surface area (Å²) in [4.78, 5) is 16.1. The molecule has 0 atom stereocenters. The summed E-state index contributed by atoms with van der Waals surface area (Å²) in [5.41, 5.74) is 1.01. The number of aromatic nitrogens is 1. The largest absolute Gasteiger partial charge is 0.306 e. The minimum Gasteiger partial charge on any atom is -0.306 e. The molecule has 0 saturated heterocycles. The molecule has 98 valence electrons. The average molecular weight is 344 g/mol. The maximum Gasteiger partial charge on any atom is 0.258 e. The molecular formula is C13H9BrClFN2O. The molecule has 0 unspecified atom stereocenters. The van der Waals surface area contributed by atoms with E-state index in [2.05, 4.69) is 26.2 Å². The molecule has 0 aliphatic heterocycles. The van der Waals surface area contributed by atoms with E-state index >= 15 is 0 Å². The van der Waals surface area contributed by atoms with Gasteiger partial charge >= 0.3 is 0 Å². The number of pyridine rings is 1. The average Bonchev–Trinajstić information content (AvgIpc) is 2.32. The zero-order chi connectivity index (χ0) is 14.0. The third-order valence-corrected chi connectivity index (χ3v) is 3.20. The lowest BCUT2D eigenvalue weighted by Crippen LogP contribution is -2.14. The van der Waals surface area contributed by atoms with E-state index in [-0.39, 0.29) is 10.6 Å². The number of rotatable bonds is 2. The summed E-state index contributed by atoms with van der Waals surface area (Å²) in [6.07, 6.45) is 1.58. The lowest BCUT2D eigenvalue weighted by atomic mass is 10.2. The fourth-order valence-corrected chi connectivity index (χ4v) is 2.22. The van der Waals surface area contributed by atoms with Crippen LogP contribution in [0.25, 0.3) is 0 Å². The molecule has 1 heterocycles. The third kappa shape index (κ3) is 3.30. The van der Waals surface area contributed by atoms with Crippen LogP contribution in [-0.2, 0) is 0 Å². The second-order valence-corrected chi connectivity index (χ2v) is 5.22. The lowest BCUT2D eigenvalue weighted by molar-refractivity contribution is 0.102. The number of benzene rings is 1. The van der Waals surface area contributed by atoms with Crippen molar-refractivity contribution in [3.8, 4) is 0 Å². The van der Waals surface area contributed by atoms with Crippen LogP contribution in [0.4, 0.5) is 10.2 Å². The predicted molar refractivity (Wildman–Crippen MR) is 76.0 cm³/mol. The summed E-state index contributed by atoms with van der Waals surface area (Å²) in [5, 5.41) is 2.70. The van der Waals surface area contributed by atoms with Crippen LogP contribution in [0.2, 0.25) is 5.02 Å². The second-order valence-electron chi connectivity index (χ2n) is 3.90. The van der Waals surface area contributed by atoms with Crippen LogP contribution >= 0.6 is 27.5 Å². The van der Waals surface area contributed by atoms with Gasteiger partial charge in [-0.1, -0.05) is 11.6 Å². The minimum absolute atomic E-state index is 0.0623. The van der Waals surface area contributed by atoms with Gasteiger partial charge in [-0.3, -0.25) is 4.79 Å². The first-order valence-electron chi connectivity index (χ1n) is 5.36. The highest BCUT2D eigenvalue weighted by Gasteiger charge is 2.13. The Bertz CT molecular complexity index is 649. The Balaban J connectivity index is 2.25. The van der Waals surface area contributed by atoms with Crippen LogP contribution in [0, 0.1) is 12.7 Å². The number of amides is 1. The molecule has 1 aromatic heterocycles. The van der Waals surface area contributed by atoms with E-state index in [9.17, 15) is 9.18 Å². The number of anilines is 1. The molecule has 0 spiro atoms. The Morgan fingerprint density at radius 1 is 1.42 bits per heavy atom. The number of carbonyl (C=O) groups excluding carboxylic acids is 1. The molecular weight excluding hydrogens is 335 g/mol. The third-order valence-electron chi connectivity index (χ3n) is 2.45. The van der Waals surface area contributed by atoms with Crippen molar-refractivity contribution in [1.82, 2.24) is 4.98 Å². The smallest absolute Gasteiger partial charge is 0.258 e. The van der Waals surface area contributed by atoms with Crippen LogP contribution < -0.4 is 5.32 Å². The highest BCUT2D eigenvalue weighted by atomic mass is 79.9. The van der Waals surface area contributed by atoms with Gasteiger partial charge < -0.3 is 5.32 Å². The van der Waals surface area contributed by atoms with Crippen molar-refractivity contribution in [1.29, 1.82) is 0 Å². The van der Waals surface area contributed by atoms with Gasteiger partial charge in [0.05, 0.1) is 10.6 Å². The number of nitrogens with zero attached hydrogens (tertiary/aromatic N) is 1. The van der Waals surface area contributed by atoms with Crippen molar-refractivity contribution in [3.63, 3.8) is 0 Å². The number of hydrogen-bond acceptors (Lipinski definition) is 2. The lowest BCUT2D eigenvalue weighted by Gasteiger charge is -2.08. The van der Waals surface area contributed by atoms with Gasteiger partial charge in [0.15, 0.2) is 0 Å². The van der Waals surface area contributed by atoms with Crippen molar-refractivity contribution in [2.45, 2.75) is 6.92 Å². The molecule has 1 amide bonds. The standard InChI is InChI=1S/C13H9BrClFN2O/c1-7-4-8(14)6-17-12(7)18-13(19)10-3-2-9(16)5-11(10)15/h2-6H,1H3,(H,17,18,19). The maximum absolute atomic E-state index is 12.9. The van der Waals surface area contributed by atoms with Gasteiger partial charge in [-0.2, -0.15) is 0 Å². The first-order valence-corrected chi connectivity index (χ1v) is 6.53. The summed E-state index contributed by atoms with van der Waals surface area (Å²) in [7, 11) is 0. The molecule has 2 rings (SSSR count). The molecule has 6 heteroatoms. The first-order chi connectivity index (χ1) is 8.97. The van der Waals surface area contributed by atoms with E-state index < -0.39 is 11.7 Å². The van der Waals surface area contributed by atoms with Crippen molar-refractivity contribution < 1.29 is 9.18 Å². The number of nitrogens with one attached hydrogen (secondary N) is 1. The number of halogens is 3. The van der Waals surface area contributed by atoms with E-state index in [0.29, 0.717) is 5.82 Å². The molecule has 0 fully saturated rings. The molecule has 1 N–H and O–H groups in total. The Labute approximate surface area is 122 Å². The number of aryl methyl sites for hydroxylation is 1. The summed E-state index contributed by atoms with van der Waals surface area (Å²) in [5.74, 6) is -0.476.